The Kier molecular flexibility index (Phi) is 5.84. The molecule has 0 atom stereocenters. The third-order valence-corrected chi connectivity index (χ3v) is 5.44. The zero-order valence-corrected chi connectivity index (χ0v) is 16.7. The maximum atomic E-state index is 12.5. The molecule has 1 fully saturated rings. The summed E-state index contributed by atoms with van der Waals surface area (Å²) in [6, 6.07) is 18.4. The van der Waals surface area contributed by atoms with Gasteiger partial charge in [0.1, 0.15) is 0 Å². The summed E-state index contributed by atoms with van der Waals surface area (Å²) in [7, 11) is 0. The summed E-state index contributed by atoms with van der Waals surface area (Å²) in [5.41, 5.74) is 4.48. The van der Waals surface area contributed by atoms with Crippen molar-refractivity contribution < 1.29 is 4.79 Å². The Morgan fingerprint density at radius 3 is 2.41 bits per heavy atom. The predicted octanol–water partition coefficient (Wildman–Crippen LogP) is 3.98. The number of hydrogen-bond acceptors (Lipinski definition) is 4. The lowest BCUT2D eigenvalue weighted by molar-refractivity contribution is -0.125. The topological polar surface area (TPSA) is 58.1 Å². The Morgan fingerprint density at radius 1 is 1.00 bits per heavy atom. The molecule has 2 heterocycles. The standard InChI is InChI=1S/C24H26N4O/c1-18-6-5-7-19(14-18)15-25-23(29)21-10-12-28(13-11-21)24-26-16-22(17-27-24)20-8-3-2-4-9-20/h2-9,14,16-17,21H,10-13,15H2,1H3,(H,25,29). The van der Waals surface area contributed by atoms with E-state index in [2.05, 4.69) is 51.4 Å². The Balaban J connectivity index is 1.29. The molecule has 1 aromatic heterocycles. The smallest absolute Gasteiger partial charge is 0.225 e. The fourth-order valence-electron chi connectivity index (χ4n) is 3.76. The highest BCUT2D eigenvalue weighted by molar-refractivity contribution is 5.79. The molecular weight excluding hydrogens is 360 g/mol. The van der Waals surface area contributed by atoms with E-state index in [0.717, 1.165) is 48.6 Å². The first-order chi connectivity index (χ1) is 14.2. The van der Waals surface area contributed by atoms with E-state index in [4.69, 9.17) is 0 Å². The summed E-state index contributed by atoms with van der Waals surface area (Å²) in [6.07, 6.45) is 5.39. The van der Waals surface area contributed by atoms with Crippen molar-refractivity contribution in [1.29, 1.82) is 0 Å². The number of anilines is 1. The highest BCUT2D eigenvalue weighted by Gasteiger charge is 2.26. The van der Waals surface area contributed by atoms with Gasteiger partial charge in [0.05, 0.1) is 0 Å². The first kappa shape index (κ1) is 19.1. The lowest BCUT2D eigenvalue weighted by Gasteiger charge is -2.31. The van der Waals surface area contributed by atoms with E-state index >= 15 is 0 Å². The second-order valence-electron chi connectivity index (χ2n) is 7.61. The molecule has 2 aromatic carbocycles. The van der Waals surface area contributed by atoms with Crippen molar-refractivity contribution in [3.63, 3.8) is 0 Å². The van der Waals surface area contributed by atoms with Gasteiger partial charge in [-0.2, -0.15) is 0 Å². The van der Waals surface area contributed by atoms with Crippen LogP contribution in [0.4, 0.5) is 5.95 Å². The molecule has 4 rings (SSSR count). The third-order valence-electron chi connectivity index (χ3n) is 5.44. The molecule has 0 radical (unpaired) electrons. The summed E-state index contributed by atoms with van der Waals surface area (Å²) >= 11 is 0. The Bertz CT molecular complexity index is 948. The molecular formula is C24H26N4O. The van der Waals surface area contributed by atoms with Crippen molar-refractivity contribution in [1.82, 2.24) is 15.3 Å². The summed E-state index contributed by atoms with van der Waals surface area (Å²) < 4.78 is 0. The molecule has 0 saturated carbocycles. The van der Waals surface area contributed by atoms with Crippen molar-refractivity contribution in [2.24, 2.45) is 5.92 Å². The minimum absolute atomic E-state index is 0.0552. The summed E-state index contributed by atoms with van der Waals surface area (Å²) in [6.45, 7) is 4.25. The molecule has 1 aliphatic heterocycles. The normalized spacial score (nSPS) is 14.6. The average molecular weight is 386 g/mol. The highest BCUT2D eigenvalue weighted by atomic mass is 16.1. The van der Waals surface area contributed by atoms with Gasteiger partial charge in [0.15, 0.2) is 0 Å². The zero-order chi connectivity index (χ0) is 20.1. The number of piperidine rings is 1. The molecule has 148 valence electrons. The average Bonchev–Trinajstić information content (AvgIpc) is 2.78. The van der Waals surface area contributed by atoms with Crippen LogP contribution in [0.25, 0.3) is 11.1 Å². The number of rotatable bonds is 5. The Morgan fingerprint density at radius 2 is 1.72 bits per heavy atom. The van der Waals surface area contributed by atoms with Crippen LogP contribution in [0.3, 0.4) is 0 Å². The van der Waals surface area contributed by atoms with Crippen LogP contribution >= 0.6 is 0 Å². The molecule has 0 unspecified atom stereocenters. The molecule has 5 nitrogen and oxygen atoms in total. The summed E-state index contributed by atoms with van der Waals surface area (Å²) in [4.78, 5) is 23.8. The predicted molar refractivity (Wildman–Crippen MR) is 115 cm³/mol. The quantitative estimate of drug-likeness (QED) is 0.720. The summed E-state index contributed by atoms with van der Waals surface area (Å²) in [5, 5.41) is 3.09. The number of hydrogen-bond donors (Lipinski definition) is 1. The van der Waals surface area contributed by atoms with Crippen LogP contribution < -0.4 is 10.2 Å². The molecule has 0 bridgehead atoms. The molecule has 0 spiro atoms. The minimum Gasteiger partial charge on any atom is -0.352 e. The SMILES string of the molecule is Cc1cccc(CNC(=O)C2CCN(c3ncc(-c4ccccc4)cn3)CC2)c1. The maximum absolute atomic E-state index is 12.5. The molecule has 1 aliphatic rings. The lowest BCUT2D eigenvalue weighted by atomic mass is 9.96. The summed E-state index contributed by atoms with van der Waals surface area (Å²) in [5.74, 6) is 0.939. The van der Waals surface area contributed by atoms with Gasteiger partial charge in [-0.15, -0.1) is 0 Å². The van der Waals surface area contributed by atoms with E-state index in [9.17, 15) is 4.79 Å². The van der Waals surface area contributed by atoms with E-state index in [0.29, 0.717) is 6.54 Å². The van der Waals surface area contributed by atoms with Crippen molar-refractivity contribution in [3.05, 3.63) is 78.1 Å². The molecule has 29 heavy (non-hydrogen) atoms. The van der Waals surface area contributed by atoms with E-state index < -0.39 is 0 Å². The van der Waals surface area contributed by atoms with Crippen molar-refractivity contribution >= 4 is 11.9 Å². The van der Waals surface area contributed by atoms with Crippen LogP contribution in [0.1, 0.15) is 24.0 Å². The van der Waals surface area contributed by atoms with Crippen LogP contribution in [0.2, 0.25) is 0 Å². The largest absolute Gasteiger partial charge is 0.352 e. The number of benzene rings is 2. The second-order valence-corrected chi connectivity index (χ2v) is 7.61. The van der Waals surface area contributed by atoms with Gasteiger partial charge in [-0.1, -0.05) is 60.2 Å². The number of amides is 1. The number of nitrogens with one attached hydrogen (secondary N) is 1. The third kappa shape index (κ3) is 4.80. The van der Waals surface area contributed by atoms with Crippen LogP contribution in [-0.2, 0) is 11.3 Å². The first-order valence-electron chi connectivity index (χ1n) is 10.1. The molecule has 5 heteroatoms. The van der Waals surface area contributed by atoms with Gasteiger partial charge in [-0.25, -0.2) is 9.97 Å². The van der Waals surface area contributed by atoms with Crippen LogP contribution in [0, 0.1) is 12.8 Å². The van der Waals surface area contributed by atoms with Gasteiger partial charge < -0.3 is 10.2 Å². The fraction of sp³-hybridized carbons (Fsp3) is 0.292. The van der Waals surface area contributed by atoms with Gasteiger partial charge >= 0.3 is 0 Å². The van der Waals surface area contributed by atoms with Gasteiger partial charge in [-0.05, 0) is 30.9 Å². The van der Waals surface area contributed by atoms with E-state index in [1.54, 1.807) is 0 Å². The van der Waals surface area contributed by atoms with Crippen molar-refractivity contribution in [3.8, 4) is 11.1 Å². The van der Waals surface area contributed by atoms with Crippen LogP contribution in [0.5, 0.6) is 0 Å². The van der Waals surface area contributed by atoms with Gasteiger partial charge in [0.25, 0.3) is 0 Å². The van der Waals surface area contributed by atoms with Crippen molar-refractivity contribution in [2.45, 2.75) is 26.3 Å². The first-order valence-corrected chi connectivity index (χ1v) is 10.1. The Hall–Kier alpha value is -3.21. The maximum Gasteiger partial charge on any atom is 0.225 e. The number of carbonyl (C=O) groups excluding carboxylic acids is 1. The highest BCUT2D eigenvalue weighted by Crippen LogP contribution is 2.23. The van der Waals surface area contributed by atoms with Gasteiger partial charge in [0, 0.05) is 43.5 Å². The molecule has 3 aromatic rings. The van der Waals surface area contributed by atoms with Gasteiger partial charge in [0.2, 0.25) is 11.9 Å². The van der Waals surface area contributed by atoms with E-state index in [-0.39, 0.29) is 11.8 Å². The van der Waals surface area contributed by atoms with Gasteiger partial charge in [-0.3, -0.25) is 4.79 Å². The monoisotopic (exact) mass is 386 g/mol. The van der Waals surface area contributed by atoms with E-state index in [1.807, 2.05) is 42.7 Å². The molecule has 1 amide bonds. The number of carbonyl (C=O) groups is 1. The second kappa shape index (κ2) is 8.86. The fourth-order valence-corrected chi connectivity index (χ4v) is 3.76. The minimum atomic E-state index is 0.0552. The zero-order valence-electron chi connectivity index (χ0n) is 16.7. The molecule has 1 saturated heterocycles. The van der Waals surface area contributed by atoms with E-state index in [1.165, 1.54) is 5.56 Å². The lowest BCUT2D eigenvalue weighted by Crippen LogP contribution is -2.41. The number of aromatic nitrogens is 2. The molecule has 1 N–H and O–H groups in total. The van der Waals surface area contributed by atoms with Crippen LogP contribution in [-0.4, -0.2) is 29.0 Å². The number of aryl methyl sites for hydroxylation is 1. The van der Waals surface area contributed by atoms with Crippen molar-refractivity contribution in [2.75, 3.05) is 18.0 Å². The van der Waals surface area contributed by atoms with Crippen LogP contribution in [0.15, 0.2) is 67.0 Å². The number of nitrogens with zero attached hydrogens (tertiary/aromatic N) is 3. The Labute approximate surface area is 171 Å². The molecule has 0 aliphatic carbocycles.